The Morgan fingerprint density at radius 1 is 0.730 bits per heavy atom. The summed E-state index contributed by atoms with van der Waals surface area (Å²) in [5.41, 5.74) is 10.4. The van der Waals surface area contributed by atoms with Crippen LogP contribution in [0.1, 0.15) is 77.5 Å². The van der Waals surface area contributed by atoms with Crippen LogP contribution < -0.4 is 14.2 Å². The lowest BCUT2D eigenvalue weighted by molar-refractivity contribution is -0.140. The van der Waals surface area contributed by atoms with Crippen LogP contribution in [0.5, 0.6) is 17.2 Å². The number of fused-ring (bicyclic) bond motifs is 1. The molecule has 0 unspecified atom stereocenters. The van der Waals surface area contributed by atoms with Gasteiger partial charge in [-0.15, -0.1) is 0 Å². The Morgan fingerprint density at radius 3 is 2.10 bits per heavy atom. The van der Waals surface area contributed by atoms with Gasteiger partial charge in [0.15, 0.2) is 0 Å². The van der Waals surface area contributed by atoms with E-state index >= 15 is 0 Å². The number of aliphatic hydroxyl groups excluding tert-OH is 2. The summed E-state index contributed by atoms with van der Waals surface area (Å²) in [5, 5.41) is 50.2. The van der Waals surface area contributed by atoms with Crippen LogP contribution in [0.25, 0.3) is 33.0 Å². The number of benzene rings is 5. The highest BCUT2D eigenvalue weighted by molar-refractivity contribution is 6.32. The zero-order chi connectivity index (χ0) is 45.0. The van der Waals surface area contributed by atoms with Gasteiger partial charge in [-0.3, -0.25) is 14.6 Å². The largest absolute Gasteiger partial charge is 0.496 e. The average molecular weight is 871 g/mol. The van der Waals surface area contributed by atoms with Crippen LogP contribution in [0.3, 0.4) is 0 Å². The van der Waals surface area contributed by atoms with Crippen molar-refractivity contribution in [2.45, 2.75) is 90.6 Å². The van der Waals surface area contributed by atoms with Gasteiger partial charge < -0.3 is 34.6 Å². The standard InChI is InChI=1S/C51H51ClN2O9/c1-31-38(30-63-49-25-48(62-29-34-20-33(26-53)27-54-28-34)37(22-46(49)52)8-4-10-39(55)23-50(57)58)9-5-13-42(31)43-14-7-12-41(32(43)2)35-16-18-44-36(21-35)17-19-47(61-3)45(44)15-6-11-40(56)24-51(59)60/h5,7,9,12-14,16-22,25,27-28,39-40,55-56H,4,6,8,10-11,15,23-24,29-30H2,1-3H3,(H,57,58)(H,59,60)/t39-,40-/m1/s1. The fraction of sp³-hybridized carbons (Fsp3) is 0.294. The first kappa shape index (κ1) is 46.1. The first-order chi connectivity index (χ1) is 30.3. The highest BCUT2D eigenvalue weighted by Crippen LogP contribution is 2.39. The first-order valence-electron chi connectivity index (χ1n) is 20.8. The van der Waals surface area contributed by atoms with Gasteiger partial charge in [-0.1, -0.05) is 66.2 Å². The van der Waals surface area contributed by atoms with Crippen molar-refractivity contribution in [2.75, 3.05) is 7.11 Å². The lowest BCUT2D eigenvalue weighted by Crippen LogP contribution is -2.13. The van der Waals surface area contributed by atoms with Gasteiger partial charge in [-0.25, -0.2) is 0 Å². The lowest BCUT2D eigenvalue weighted by atomic mass is 9.88. The molecule has 1 heterocycles. The molecular weight excluding hydrogens is 820 g/mol. The summed E-state index contributed by atoms with van der Waals surface area (Å²) in [6, 6.07) is 30.2. The van der Waals surface area contributed by atoms with E-state index in [1.54, 1.807) is 31.5 Å². The van der Waals surface area contributed by atoms with E-state index < -0.39 is 24.1 Å². The predicted octanol–water partition coefficient (Wildman–Crippen LogP) is 10.2. The molecule has 12 heteroatoms. The van der Waals surface area contributed by atoms with Crippen molar-refractivity contribution in [1.82, 2.24) is 4.98 Å². The predicted molar refractivity (Wildman–Crippen MR) is 242 cm³/mol. The molecule has 326 valence electrons. The highest BCUT2D eigenvalue weighted by atomic mass is 35.5. The molecule has 11 nitrogen and oxygen atoms in total. The molecule has 0 spiro atoms. The molecule has 6 rings (SSSR count). The Morgan fingerprint density at radius 2 is 1.40 bits per heavy atom. The molecule has 63 heavy (non-hydrogen) atoms. The van der Waals surface area contributed by atoms with Crippen LogP contribution in [-0.2, 0) is 35.6 Å². The minimum atomic E-state index is -1.06. The third kappa shape index (κ3) is 11.9. The molecule has 0 aliphatic carbocycles. The van der Waals surface area contributed by atoms with E-state index in [1.165, 1.54) is 6.20 Å². The van der Waals surface area contributed by atoms with Crippen LogP contribution in [0.15, 0.2) is 97.3 Å². The number of rotatable bonds is 21. The Hall–Kier alpha value is -6.45. The Balaban J connectivity index is 1.22. The first-order valence-corrected chi connectivity index (χ1v) is 21.2. The Labute approximate surface area is 372 Å². The Bertz CT molecular complexity index is 2640. The monoisotopic (exact) mass is 870 g/mol. The molecule has 2 atom stereocenters. The summed E-state index contributed by atoms with van der Waals surface area (Å²) in [4.78, 5) is 26.2. The summed E-state index contributed by atoms with van der Waals surface area (Å²) in [5.74, 6) is -0.385. The van der Waals surface area contributed by atoms with Crippen molar-refractivity contribution in [3.05, 3.63) is 141 Å². The van der Waals surface area contributed by atoms with Crippen molar-refractivity contribution in [3.8, 4) is 45.6 Å². The van der Waals surface area contributed by atoms with E-state index in [4.69, 9.17) is 36.0 Å². The summed E-state index contributed by atoms with van der Waals surface area (Å²) >= 11 is 6.82. The van der Waals surface area contributed by atoms with Crippen molar-refractivity contribution >= 4 is 34.3 Å². The molecule has 0 radical (unpaired) electrons. The highest BCUT2D eigenvalue weighted by Gasteiger charge is 2.18. The SMILES string of the molecule is COc1ccc2cc(-c3cccc(-c4cccc(COc5cc(OCc6cncc(C#N)c6)c(CCC[C@@H](O)CC(=O)O)cc5Cl)c4C)c3C)ccc2c1CCC[C@@H](O)CC(=O)O. The van der Waals surface area contributed by atoms with Gasteiger partial charge in [0.1, 0.15) is 36.5 Å². The van der Waals surface area contributed by atoms with Gasteiger partial charge in [0.05, 0.1) is 42.7 Å². The second-order valence-electron chi connectivity index (χ2n) is 15.7. The van der Waals surface area contributed by atoms with Gasteiger partial charge in [-0.2, -0.15) is 5.26 Å². The number of hydrogen-bond donors (Lipinski definition) is 4. The van der Waals surface area contributed by atoms with E-state index in [1.807, 2.05) is 24.3 Å². The van der Waals surface area contributed by atoms with Gasteiger partial charge in [-0.05, 0) is 132 Å². The molecule has 0 saturated carbocycles. The van der Waals surface area contributed by atoms with Crippen LogP contribution in [0.4, 0.5) is 0 Å². The number of carboxylic acid groups (broad SMARTS) is 2. The van der Waals surface area contributed by atoms with Crippen molar-refractivity contribution in [2.24, 2.45) is 0 Å². The maximum Gasteiger partial charge on any atom is 0.305 e. The van der Waals surface area contributed by atoms with E-state index in [9.17, 15) is 25.1 Å². The molecule has 0 aliphatic rings. The lowest BCUT2D eigenvalue weighted by Gasteiger charge is -2.19. The van der Waals surface area contributed by atoms with Gasteiger partial charge in [0.2, 0.25) is 0 Å². The van der Waals surface area contributed by atoms with Gasteiger partial charge >= 0.3 is 11.9 Å². The second-order valence-corrected chi connectivity index (χ2v) is 16.1. The topological polar surface area (TPSA) is 179 Å². The van der Waals surface area contributed by atoms with E-state index in [0.717, 1.165) is 66.6 Å². The zero-order valence-electron chi connectivity index (χ0n) is 35.6. The molecular formula is C51H51ClN2O9. The number of ether oxygens (including phenoxy) is 3. The molecule has 4 N–H and O–H groups in total. The number of nitriles is 1. The number of halogens is 1. The summed E-state index contributed by atoms with van der Waals surface area (Å²) in [7, 11) is 1.64. The molecule has 0 amide bonds. The molecule has 6 aromatic rings. The van der Waals surface area contributed by atoms with Crippen LogP contribution in [0, 0.1) is 25.2 Å². The van der Waals surface area contributed by atoms with Crippen LogP contribution in [0.2, 0.25) is 5.02 Å². The number of aromatic nitrogens is 1. The fourth-order valence-corrected chi connectivity index (χ4v) is 8.21. The molecule has 0 fully saturated rings. The number of pyridine rings is 1. The number of aliphatic carboxylic acids is 2. The van der Waals surface area contributed by atoms with Gasteiger partial charge in [0, 0.05) is 29.6 Å². The molecule has 1 aromatic heterocycles. The maximum atomic E-state index is 11.1. The fourth-order valence-electron chi connectivity index (χ4n) is 7.97. The summed E-state index contributed by atoms with van der Waals surface area (Å²) in [6.45, 7) is 4.56. The summed E-state index contributed by atoms with van der Waals surface area (Å²) < 4.78 is 18.3. The number of hydrogen-bond acceptors (Lipinski definition) is 9. The number of aliphatic hydroxyl groups is 2. The average Bonchev–Trinajstić information content (AvgIpc) is 3.25. The number of carbonyl (C=O) groups is 2. The minimum absolute atomic E-state index is 0.135. The summed E-state index contributed by atoms with van der Waals surface area (Å²) in [6.07, 6.45) is 3.55. The second kappa shape index (κ2) is 21.6. The molecule has 0 aliphatic heterocycles. The van der Waals surface area contributed by atoms with Crippen molar-refractivity contribution < 1.29 is 44.2 Å². The number of aryl methyl sites for hydroxylation is 2. The van der Waals surface area contributed by atoms with Crippen molar-refractivity contribution in [3.63, 3.8) is 0 Å². The third-order valence-corrected chi connectivity index (χ3v) is 11.6. The molecule has 5 aromatic carbocycles. The van der Waals surface area contributed by atoms with Gasteiger partial charge in [0.25, 0.3) is 0 Å². The van der Waals surface area contributed by atoms with E-state index in [2.05, 4.69) is 67.4 Å². The quantitative estimate of drug-likeness (QED) is 0.0541. The normalized spacial score (nSPS) is 12.1. The van der Waals surface area contributed by atoms with Crippen LogP contribution >= 0.6 is 11.6 Å². The molecule has 0 bridgehead atoms. The third-order valence-electron chi connectivity index (χ3n) is 11.3. The van der Waals surface area contributed by atoms with E-state index in [-0.39, 0.29) is 26.1 Å². The zero-order valence-corrected chi connectivity index (χ0v) is 36.3. The Kier molecular flexibility index (Phi) is 15.8. The number of methoxy groups -OCH3 is 1. The van der Waals surface area contributed by atoms with Crippen molar-refractivity contribution in [1.29, 1.82) is 5.26 Å². The van der Waals surface area contributed by atoms with E-state index in [0.29, 0.717) is 66.2 Å². The smallest absolute Gasteiger partial charge is 0.305 e. The molecule has 0 saturated heterocycles. The minimum Gasteiger partial charge on any atom is -0.496 e. The number of carboxylic acids is 2. The van der Waals surface area contributed by atoms with Crippen LogP contribution in [-0.4, -0.2) is 56.7 Å². The number of nitrogens with zero attached hydrogens (tertiary/aromatic N) is 2. The maximum absolute atomic E-state index is 11.1.